The minimum atomic E-state index is -0.312. The Morgan fingerprint density at radius 2 is 1.81 bits per heavy atom. The van der Waals surface area contributed by atoms with Gasteiger partial charge in [-0.15, -0.1) is 0 Å². The molecule has 6 nitrogen and oxygen atoms in total. The van der Waals surface area contributed by atoms with Crippen molar-refractivity contribution in [2.75, 3.05) is 25.1 Å². The summed E-state index contributed by atoms with van der Waals surface area (Å²) < 4.78 is 17.0. The summed E-state index contributed by atoms with van der Waals surface area (Å²) in [5.41, 5.74) is 1.08. The highest BCUT2D eigenvalue weighted by molar-refractivity contribution is 9.10. The summed E-state index contributed by atoms with van der Waals surface area (Å²) in [5, 5.41) is 11.8. The van der Waals surface area contributed by atoms with Crippen LogP contribution in [0.1, 0.15) is 19.4 Å². The van der Waals surface area contributed by atoms with Crippen LogP contribution in [0.25, 0.3) is 0 Å². The minimum Gasteiger partial charge on any atom is -0.494 e. The fourth-order valence-electron chi connectivity index (χ4n) is 2.17. The number of hydrogen-bond acceptors (Lipinski definition) is 5. The molecule has 0 aliphatic carbocycles. The summed E-state index contributed by atoms with van der Waals surface area (Å²) in [6, 6.07) is 12.3. The molecule has 0 aliphatic rings. The van der Waals surface area contributed by atoms with Gasteiger partial charge in [0.05, 0.1) is 29.3 Å². The second-order valence-corrected chi connectivity index (χ2v) is 5.98. The van der Waals surface area contributed by atoms with Crippen molar-refractivity contribution in [3.05, 3.63) is 46.4 Å². The number of nitriles is 1. The molecule has 0 fully saturated rings. The topological polar surface area (TPSA) is 80.6 Å². The zero-order chi connectivity index (χ0) is 18.9. The smallest absolute Gasteiger partial charge is 0.262 e. The van der Waals surface area contributed by atoms with Gasteiger partial charge in [-0.1, -0.05) is 0 Å². The van der Waals surface area contributed by atoms with E-state index in [1.54, 1.807) is 36.4 Å². The average Bonchev–Trinajstić information content (AvgIpc) is 2.63. The van der Waals surface area contributed by atoms with Crippen LogP contribution in [0.2, 0.25) is 0 Å². The maximum Gasteiger partial charge on any atom is 0.262 e. The van der Waals surface area contributed by atoms with Gasteiger partial charge in [-0.25, -0.2) is 0 Å². The van der Waals surface area contributed by atoms with Crippen LogP contribution < -0.4 is 19.5 Å². The van der Waals surface area contributed by atoms with Crippen LogP contribution in [0.5, 0.6) is 17.2 Å². The number of halogens is 1. The molecular weight excluding hydrogens is 400 g/mol. The van der Waals surface area contributed by atoms with E-state index in [-0.39, 0.29) is 12.5 Å². The number of nitrogens with zero attached hydrogens (tertiary/aromatic N) is 1. The number of rotatable bonds is 8. The van der Waals surface area contributed by atoms with Gasteiger partial charge in [0.25, 0.3) is 5.91 Å². The van der Waals surface area contributed by atoms with E-state index in [9.17, 15) is 4.79 Å². The van der Waals surface area contributed by atoms with Crippen LogP contribution >= 0.6 is 15.9 Å². The number of carbonyl (C=O) groups excluding carboxylic acids is 1. The number of ether oxygens (including phenoxy) is 3. The van der Waals surface area contributed by atoms with E-state index in [4.69, 9.17) is 19.5 Å². The van der Waals surface area contributed by atoms with Gasteiger partial charge in [0.15, 0.2) is 18.1 Å². The predicted octanol–water partition coefficient (Wildman–Crippen LogP) is 4.14. The molecule has 0 aromatic heterocycles. The third-order valence-corrected chi connectivity index (χ3v) is 3.82. The molecule has 0 radical (unpaired) electrons. The number of nitrogens with one attached hydrogen (secondary N) is 1. The van der Waals surface area contributed by atoms with Crippen molar-refractivity contribution in [3.8, 4) is 23.3 Å². The first-order chi connectivity index (χ1) is 12.6. The standard InChI is InChI=1S/C19H19BrN2O4/c1-3-24-15-7-5-14(6-8-15)22-18(23)12-26-19-16(20)9-13(11-21)10-17(19)25-4-2/h5-10H,3-4,12H2,1-2H3,(H,22,23). The largest absolute Gasteiger partial charge is 0.494 e. The van der Waals surface area contributed by atoms with Crippen LogP contribution in [0.15, 0.2) is 40.9 Å². The Balaban J connectivity index is 2.01. The SMILES string of the molecule is CCOc1ccc(NC(=O)COc2c(Br)cc(C#N)cc2OCC)cc1. The maximum absolute atomic E-state index is 12.1. The maximum atomic E-state index is 12.1. The van der Waals surface area contributed by atoms with Crippen molar-refractivity contribution >= 4 is 27.5 Å². The Kier molecular flexibility index (Phi) is 7.30. The van der Waals surface area contributed by atoms with Gasteiger partial charge in [-0.2, -0.15) is 5.26 Å². The molecule has 1 N–H and O–H groups in total. The van der Waals surface area contributed by atoms with Crippen LogP contribution in [-0.4, -0.2) is 25.7 Å². The summed E-state index contributed by atoms with van der Waals surface area (Å²) in [5.74, 6) is 1.22. The first kappa shape index (κ1) is 19.6. The zero-order valence-corrected chi connectivity index (χ0v) is 16.1. The molecule has 2 rings (SSSR count). The van der Waals surface area contributed by atoms with Crippen molar-refractivity contribution in [1.82, 2.24) is 0 Å². The summed E-state index contributed by atoms with van der Waals surface area (Å²) in [4.78, 5) is 12.1. The van der Waals surface area contributed by atoms with E-state index in [2.05, 4.69) is 21.2 Å². The number of amides is 1. The first-order valence-electron chi connectivity index (χ1n) is 8.09. The van der Waals surface area contributed by atoms with Crippen molar-refractivity contribution in [1.29, 1.82) is 5.26 Å². The fourth-order valence-corrected chi connectivity index (χ4v) is 2.73. The Labute approximate surface area is 160 Å². The molecular formula is C19H19BrN2O4. The molecule has 2 aromatic rings. The van der Waals surface area contributed by atoms with Gasteiger partial charge in [-0.05, 0) is 60.1 Å². The fraction of sp³-hybridized carbons (Fsp3) is 0.263. The summed E-state index contributed by atoms with van der Waals surface area (Å²) in [6.07, 6.45) is 0. The lowest BCUT2D eigenvalue weighted by Gasteiger charge is -2.14. The van der Waals surface area contributed by atoms with E-state index < -0.39 is 0 Å². The second kappa shape index (κ2) is 9.68. The molecule has 0 spiro atoms. The van der Waals surface area contributed by atoms with Gasteiger partial charge >= 0.3 is 0 Å². The quantitative estimate of drug-likeness (QED) is 0.696. The van der Waals surface area contributed by atoms with Crippen molar-refractivity contribution in [2.24, 2.45) is 0 Å². The normalized spacial score (nSPS) is 9.92. The van der Waals surface area contributed by atoms with E-state index in [1.807, 2.05) is 19.9 Å². The van der Waals surface area contributed by atoms with Crippen LogP contribution in [0.3, 0.4) is 0 Å². The van der Waals surface area contributed by atoms with Gasteiger partial charge < -0.3 is 19.5 Å². The number of carbonyl (C=O) groups is 1. The Hall–Kier alpha value is -2.72. The van der Waals surface area contributed by atoms with Crippen molar-refractivity contribution in [2.45, 2.75) is 13.8 Å². The summed E-state index contributed by atoms with van der Waals surface area (Å²) >= 11 is 3.35. The molecule has 0 atom stereocenters. The molecule has 0 saturated carbocycles. The molecule has 2 aromatic carbocycles. The molecule has 7 heteroatoms. The Morgan fingerprint density at radius 3 is 2.42 bits per heavy atom. The van der Waals surface area contributed by atoms with E-state index >= 15 is 0 Å². The Morgan fingerprint density at radius 1 is 1.12 bits per heavy atom. The lowest BCUT2D eigenvalue weighted by Crippen LogP contribution is -2.20. The highest BCUT2D eigenvalue weighted by atomic mass is 79.9. The average molecular weight is 419 g/mol. The summed E-state index contributed by atoms with van der Waals surface area (Å²) in [7, 11) is 0. The van der Waals surface area contributed by atoms with Crippen molar-refractivity contribution < 1.29 is 19.0 Å². The molecule has 0 bridgehead atoms. The Bertz CT molecular complexity index is 800. The van der Waals surface area contributed by atoms with Gasteiger partial charge in [-0.3, -0.25) is 4.79 Å². The monoisotopic (exact) mass is 418 g/mol. The lowest BCUT2D eigenvalue weighted by atomic mass is 10.2. The highest BCUT2D eigenvalue weighted by Gasteiger charge is 2.14. The van der Waals surface area contributed by atoms with Gasteiger partial charge in [0.1, 0.15) is 5.75 Å². The number of benzene rings is 2. The van der Waals surface area contributed by atoms with Crippen LogP contribution in [-0.2, 0) is 4.79 Å². The third kappa shape index (κ3) is 5.39. The molecule has 26 heavy (non-hydrogen) atoms. The lowest BCUT2D eigenvalue weighted by molar-refractivity contribution is -0.118. The molecule has 0 aliphatic heterocycles. The zero-order valence-electron chi connectivity index (χ0n) is 14.5. The van der Waals surface area contributed by atoms with Crippen LogP contribution in [0, 0.1) is 11.3 Å². The van der Waals surface area contributed by atoms with Crippen molar-refractivity contribution in [3.63, 3.8) is 0 Å². The highest BCUT2D eigenvalue weighted by Crippen LogP contribution is 2.36. The van der Waals surface area contributed by atoms with Crippen LogP contribution in [0.4, 0.5) is 5.69 Å². The second-order valence-electron chi connectivity index (χ2n) is 5.12. The number of anilines is 1. The summed E-state index contributed by atoms with van der Waals surface area (Å²) in [6.45, 7) is 4.54. The van der Waals surface area contributed by atoms with E-state index in [0.29, 0.717) is 40.4 Å². The van der Waals surface area contributed by atoms with E-state index in [0.717, 1.165) is 5.75 Å². The number of hydrogen-bond donors (Lipinski definition) is 1. The molecule has 136 valence electrons. The van der Waals surface area contributed by atoms with Gasteiger partial charge in [0, 0.05) is 11.8 Å². The molecule has 0 saturated heterocycles. The van der Waals surface area contributed by atoms with Gasteiger partial charge in [0.2, 0.25) is 0 Å². The predicted molar refractivity (Wildman–Crippen MR) is 102 cm³/mol. The third-order valence-electron chi connectivity index (χ3n) is 3.24. The molecule has 1 amide bonds. The first-order valence-corrected chi connectivity index (χ1v) is 8.88. The minimum absolute atomic E-state index is 0.197. The molecule has 0 unspecified atom stereocenters. The molecule has 0 heterocycles. The van der Waals surface area contributed by atoms with E-state index in [1.165, 1.54) is 0 Å².